The van der Waals surface area contributed by atoms with Gasteiger partial charge in [-0.05, 0) is 18.2 Å². The highest BCUT2D eigenvalue weighted by Crippen LogP contribution is 2.27. The summed E-state index contributed by atoms with van der Waals surface area (Å²) in [5.41, 5.74) is 7.90. The predicted octanol–water partition coefficient (Wildman–Crippen LogP) is 2.35. The first-order valence-corrected chi connectivity index (χ1v) is 5.10. The van der Waals surface area contributed by atoms with E-state index in [0.29, 0.717) is 17.1 Å². The molecule has 0 spiro atoms. The van der Waals surface area contributed by atoms with Crippen LogP contribution in [0.3, 0.4) is 0 Å². The molecule has 17 heavy (non-hydrogen) atoms. The molecule has 84 valence electrons. The molecule has 1 aromatic carbocycles. The van der Waals surface area contributed by atoms with Crippen LogP contribution in [0.25, 0.3) is 22.4 Å². The Morgan fingerprint density at radius 1 is 1.24 bits per heavy atom. The fraction of sp³-hybridized carbons (Fsp3) is 0. The number of nitrogens with zero attached hydrogens (tertiary/aromatic N) is 2. The number of hydrogen-bond acceptors (Lipinski definition) is 3. The van der Waals surface area contributed by atoms with Crippen molar-refractivity contribution in [3.8, 4) is 11.4 Å². The van der Waals surface area contributed by atoms with Crippen LogP contribution in [0.2, 0.25) is 0 Å². The lowest BCUT2D eigenvalue weighted by Crippen LogP contribution is -1.94. The quantitative estimate of drug-likeness (QED) is 0.628. The molecule has 4 nitrogen and oxygen atoms in total. The molecule has 5 heteroatoms. The molecular formula is C12H9FN4. The lowest BCUT2D eigenvalue weighted by Gasteiger charge is -2.02. The Bertz CT molecular complexity index is 637. The Labute approximate surface area is 96.3 Å². The van der Waals surface area contributed by atoms with Gasteiger partial charge in [-0.3, -0.25) is 4.98 Å². The molecule has 0 atom stereocenters. The Morgan fingerprint density at radius 3 is 2.88 bits per heavy atom. The number of benzene rings is 1. The molecule has 3 rings (SSSR count). The molecule has 0 bridgehead atoms. The average Bonchev–Trinajstić information content (AvgIpc) is 2.71. The van der Waals surface area contributed by atoms with Gasteiger partial charge in [-0.2, -0.15) is 0 Å². The van der Waals surface area contributed by atoms with Gasteiger partial charge in [0.25, 0.3) is 0 Å². The predicted molar refractivity (Wildman–Crippen MR) is 63.7 cm³/mol. The number of aromatic nitrogens is 3. The maximum Gasteiger partial charge on any atom is 0.143 e. The second kappa shape index (κ2) is 3.55. The number of fused-ring (bicyclic) bond motifs is 1. The van der Waals surface area contributed by atoms with Crippen molar-refractivity contribution in [2.75, 3.05) is 5.73 Å². The van der Waals surface area contributed by atoms with Gasteiger partial charge in [0, 0.05) is 11.9 Å². The fourth-order valence-corrected chi connectivity index (χ4v) is 1.77. The number of H-pyrrole nitrogens is 1. The van der Waals surface area contributed by atoms with E-state index >= 15 is 0 Å². The van der Waals surface area contributed by atoms with Crippen molar-refractivity contribution in [1.29, 1.82) is 0 Å². The van der Waals surface area contributed by atoms with E-state index in [0.717, 1.165) is 11.0 Å². The minimum absolute atomic E-state index is 0.295. The van der Waals surface area contributed by atoms with Crippen LogP contribution >= 0.6 is 0 Å². The number of nitrogens with two attached hydrogens (primary N) is 1. The van der Waals surface area contributed by atoms with Gasteiger partial charge in [-0.1, -0.05) is 6.07 Å². The Morgan fingerprint density at radius 2 is 2.12 bits per heavy atom. The maximum atomic E-state index is 13.7. The summed E-state index contributed by atoms with van der Waals surface area (Å²) in [6.45, 7) is 0. The SMILES string of the molecule is Nc1cccc(F)c1-c1nc2ccncc2[nH]1. The lowest BCUT2D eigenvalue weighted by molar-refractivity contribution is 0.631. The topological polar surface area (TPSA) is 67.6 Å². The Hall–Kier alpha value is -2.43. The highest BCUT2D eigenvalue weighted by atomic mass is 19.1. The molecule has 0 saturated heterocycles. The van der Waals surface area contributed by atoms with Gasteiger partial charge in [0.1, 0.15) is 11.6 Å². The van der Waals surface area contributed by atoms with E-state index < -0.39 is 5.82 Å². The minimum atomic E-state index is -0.392. The number of nitrogens with one attached hydrogen (secondary N) is 1. The molecule has 0 fully saturated rings. The molecule has 0 unspecified atom stereocenters. The number of nitrogen functional groups attached to an aromatic ring is 1. The van der Waals surface area contributed by atoms with E-state index in [2.05, 4.69) is 15.0 Å². The van der Waals surface area contributed by atoms with E-state index in [1.807, 2.05) is 0 Å². The fourth-order valence-electron chi connectivity index (χ4n) is 1.77. The monoisotopic (exact) mass is 228 g/mol. The van der Waals surface area contributed by atoms with Crippen LogP contribution in [-0.2, 0) is 0 Å². The first-order valence-electron chi connectivity index (χ1n) is 5.10. The van der Waals surface area contributed by atoms with Crippen molar-refractivity contribution >= 4 is 16.7 Å². The number of imidazole rings is 1. The van der Waals surface area contributed by atoms with Gasteiger partial charge in [0.15, 0.2) is 0 Å². The normalized spacial score (nSPS) is 10.9. The summed E-state index contributed by atoms with van der Waals surface area (Å²) in [4.78, 5) is 11.3. The number of aromatic amines is 1. The first kappa shape index (κ1) is 9.77. The Balaban J connectivity index is 2.27. The highest BCUT2D eigenvalue weighted by Gasteiger charge is 2.12. The van der Waals surface area contributed by atoms with Gasteiger partial charge < -0.3 is 10.7 Å². The van der Waals surface area contributed by atoms with Crippen LogP contribution in [-0.4, -0.2) is 15.0 Å². The molecule has 0 saturated carbocycles. The largest absolute Gasteiger partial charge is 0.398 e. The summed E-state index contributed by atoms with van der Waals surface area (Å²) >= 11 is 0. The highest BCUT2D eigenvalue weighted by molar-refractivity contribution is 5.81. The zero-order valence-electron chi connectivity index (χ0n) is 8.81. The van der Waals surface area contributed by atoms with Gasteiger partial charge in [0.05, 0.1) is 22.8 Å². The lowest BCUT2D eigenvalue weighted by atomic mass is 10.1. The number of pyridine rings is 1. The van der Waals surface area contributed by atoms with E-state index in [4.69, 9.17) is 5.73 Å². The first-order chi connectivity index (χ1) is 8.25. The summed E-state index contributed by atoms with van der Waals surface area (Å²) in [6.07, 6.45) is 3.28. The van der Waals surface area contributed by atoms with Crippen molar-refractivity contribution in [2.24, 2.45) is 0 Å². The van der Waals surface area contributed by atoms with Gasteiger partial charge >= 0.3 is 0 Å². The molecule has 2 heterocycles. The summed E-state index contributed by atoms with van der Waals surface area (Å²) in [7, 11) is 0. The third-order valence-corrected chi connectivity index (χ3v) is 2.57. The van der Waals surface area contributed by atoms with E-state index in [1.165, 1.54) is 6.07 Å². The molecule has 0 amide bonds. The second-order valence-corrected chi connectivity index (χ2v) is 3.68. The smallest absolute Gasteiger partial charge is 0.143 e. The second-order valence-electron chi connectivity index (χ2n) is 3.68. The molecule has 0 aliphatic heterocycles. The minimum Gasteiger partial charge on any atom is -0.398 e. The van der Waals surface area contributed by atoms with Crippen molar-refractivity contribution in [3.05, 3.63) is 42.5 Å². The standard InChI is InChI=1S/C12H9FN4/c13-7-2-1-3-8(14)11(7)12-16-9-4-5-15-6-10(9)17-12/h1-6H,14H2,(H,16,17). The molecule has 3 N–H and O–H groups in total. The van der Waals surface area contributed by atoms with Crippen LogP contribution < -0.4 is 5.73 Å². The third-order valence-electron chi connectivity index (χ3n) is 2.57. The number of halogens is 1. The third kappa shape index (κ3) is 1.52. The van der Waals surface area contributed by atoms with Crippen molar-refractivity contribution in [3.63, 3.8) is 0 Å². The van der Waals surface area contributed by atoms with E-state index in [9.17, 15) is 4.39 Å². The van der Waals surface area contributed by atoms with E-state index in [-0.39, 0.29) is 0 Å². The average molecular weight is 228 g/mol. The molecule has 2 aromatic heterocycles. The van der Waals surface area contributed by atoms with Crippen molar-refractivity contribution < 1.29 is 4.39 Å². The number of anilines is 1. The van der Waals surface area contributed by atoms with Crippen LogP contribution in [0.15, 0.2) is 36.7 Å². The zero-order chi connectivity index (χ0) is 11.8. The molecular weight excluding hydrogens is 219 g/mol. The molecule has 0 radical (unpaired) electrons. The van der Waals surface area contributed by atoms with E-state index in [1.54, 1.807) is 30.6 Å². The van der Waals surface area contributed by atoms with Gasteiger partial charge in [0.2, 0.25) is 0 Å². The number of hydrogen-bond donors (Lipinski definition) is 2. The van der Waals surface area contributed by atoms with Crippen LogP contribution in [0.1, 0.15) is 0 Å². The zero-order valence-corrected chi connectivity index (χ0v) is 8.81. The summed E-state index contributed by atoms with van der Waals surface area (Å²) in [5.74, 6) is 0.0283. The van der Waals surface area contributed by atoms with Crippen LogP contribution in [0, 0.1) is 5.82 Å². The summed E-state index contributed by atoms with van der Waals surface area (Å²) < 4.78 is 13.7. The van der Waals surface area contributed by atoms with Gasteiger partial charge in [-0.15, -0.1) is 0 Å². The molecule has 3 aromatic rings. The maximum absolute atomic E-state index is 13.7. The Kier molecular flexibility index (Phi) is 2.04. The van der Waals surface area contributed by atoms with Crippen LogP contribution in [0.5, 0.6) is 0 Å². The van der Waals surface area contributed by atoms with Gasteiger partial charge in [-0.25, -0.2) is 9.37 Å². The van der Waals surface area contributed by atoms with Crippen molar-refractivity contribution in [1.82, 2.24) is 15.0 Å². The molecule has 0 aliphatic rings. The molecule has 0 aliphatic carbocycles. The summed E-state index contributed by atoms with van der Waals surface area (Å²) in [6, 6.07) is 6.33. The van der Waals surface area contributed by atoms with Crippen LogP contribution in [0.4, 0.5) is 10.1 Å². The summed E-state index contributed by atoms with van der Waals surface area (Å²) in [5, 5.41) is 0. The number of rotatable bonds is 1. The van der Waals surface area contributed by atoms with Crippen molar-refractivity contribution in [2.45, 2.75) is 0 Å².